The minimum atomic E-state index is -1.35. The molecule has 3 aromatic rings. The summed E-state index contributed by atoms with van der Waals surface area (Å²) in [4.78, 5) is 20.3. The van der Waals surface area contributed by atoms with Crippen molar-refractivity contribution in [3.63, 3.8) is 0 Å². The van der Waals surface area contributed by atoms with Crippen LogP contribution in [0.1, 0.15) is 49.9 Å². The number of methoxy groups -OCH3 is 1. The minimum absolute atomic E-state index is 0.105. The molecule has 12 heteroatoms. The highest BCUT2D eigenvalue weighted by atomic mass is 19.1. The smallest absolute Gasteiger partial charge is 0.407 e. The quantitative estimate of drug-likeness (QED) is 0.494. The average molecular weight is 461 g/mol. The number of nitrogens with zero attached hydrogens (tertiary/aromatic N) is 4. The number of imidazole rings is 1. The predicted octanol–water partition coefficient (Wildman–Crippen LogP) is 3.34. The number of rotatable bonds is 7. The number of amides is 1. The molecule has 10 nitrogen and oxygen atoms in total. The molecule has 3 N–H and O–H groups in total. The van der Waals surface area contributed by atoms with Crippen LogP contribution >= 0.6 is 0 Å². The lowest BCUT2D eigenvalue weighted by Gasteiger charge is -2.19. The van der Waals surface area contributed by atoms with Crippen LogP contribution in [0, 0.1) is 5.82 Å². The van der Waals surface area contributed by atoms with Crippen LogP contribution in [0.5, 0.6) is 0 Å². The Morgan fingerprint density at radius 1 is 1.39 bits per heavy atom. The first-order chi connectivity index (χ1) is 15.8. The number of carbonyl (C=O) groups excluding carboxylic acids is 1. The van der Waals surface area contributed by atoms with E-state index in [4.69, 9.17) is 9.47 Å². The van der Waals surface area contributed by atoms with Crippen molar-refractivity contribution in [2.24, 2.45) is 0 Å². The fourth-order valence-corrected chi connectivity index (χ4v) is 4.11. The van der Waals surface area contributed by atoms with Gasteiger partial charge >= 0.3 is 6.09 Å². The van der Waals surface area contributed by atoms with Gasteiger partial charge in [0.25, 0.3) is 0 Å². The molecule has 0 unspecified atom stereocenters. The van der Waals surface area contributed by atoms with Gasteiger partial charge in [0.05, 0.1) is 18.5 Å². The van der Waals surface area contributed by atoms with E-state index in [9.17, 15) is 9.18 Å². The number of hydrogen-bond donors (Lipinski definition) is 3. The van der Waals surface area contributed by atoms with Crippen molar-refractivity contribution in [3.05, 3.63) is 35.7 Å². The third-order valence-electron chi connectivity index (χ3n) is 6.19. The first-order valence-corrected chi connectivity index (χ1v) is 10.8. The van der Waals surface area contributed by atoms with Gasteiger partial charge in [0.15, 0.2) is 17.3 Å². The second-order valence-electron chi connectivity index (χ2n) is 8.88. The number of carbonyl (C=O) groups is 1. The van der Waals surface area contributed by atoms with Crippen LogP contribution in [-0.4, -0.2) is 55.6 Å². The topological polar surface area (TPSA) is 118 Å². The molecule has 3 heterocycles. The monoisotopic (exact) mass is 461 g/mol. The van der Waals surface area contributed by atoms with Gasteiger partial charge in [0.2, 0.25) is 5.95 Å². The maximum absolute atomic E-state index is 15.1. The van der Waals surface area contributed by atoms with E-state index in [1.54, 1.807) is 12.3 Å². The predicted molar refractivity (Wildman–Crippen MR) is 113 cm³/mol. The molecule has 5 rings (SSSR count). The molecule has 0 bridgehead atoms. The van der Waals surface area contributed by atoms with Gasteiger partial charge in [-0.1, -0.05) is 0 Å². The second-order valence-corrected chi connectivity index (χ2v) is 8.88. The van der Waals surface area contributed by atoms with E-state index in [2.05, 4.69) is 30.8 Å². The zero-order valence-electron chi connectivity index (χ0n) is 18.3. The summed E-state index contributed by atoms with van der Waals surface area (Å²) >= 11 is 0. The third-order valence-corrected chi connectivity index (χ3v) is 6.19. The number of ether oxygens (including phenoxy) is 2. The van der Waals surface area contributed by atoms with Crippen molar-refractivity contribution >= 4 is 23.5 Å². The SMILES string of the molecule is COCc1cn2c(Nc3cc([C@H]4CC[C@@H](OC(=O)NC5(C)CC5)[C@H]4F)[nH]n3)ncc(F)c2n1. The molecular weight excluding hydrogens is 436 g/mol. The maximum atomic E-state index is 15.1. The van der Waals surface area contributed by atoms with Crippen LogP contribution in [0.3, 0.4) is 0 Å². The number of aromatic nitrogens is 5. The highest BCUT2D eigenvalue weighted by molar-refractivity contribution is 5.69. The van der Waals surface area contributed by atoms with Gasteiger partial charge in [0.1, 0.15) is 12.3 Å². The lowest BCUT2D eigenvalue weighted by molar-refractivity contribution is 0.0546. The van der Waals surface area contributed by atoms with Gasteiger partial charge in [-0.05, 0) is 32.6 Å². The van der Waals surface area contributed by atoms with Gasteiger partial charge in [-0.25, -0.2) is 23.5 Å². The fourth-order valence-electron chi connectivity index (χ4n) is 4.11. The number of nitrogens with one attached hydrogen (secondary N) is 3. The normalized spacial score (nSPS) is 23.6. The first-order valence-electron chi connectivity index (χ1n) is 10.8. The lowest BCUT2D eigenvalue weighted by atomic mass is 10.0. The number of anilines is 2. The van der Waals surface area contributed by atoms with E-state index in [0.29, 0.717) is 36.0 Å². The summed E-state index contributed by atoms with van der Waals surface area (Å²) < 4.78 is 41.0. The lowest BCUT2D eigenvalue weighted by Crippen LogP contribution is -2.38. The van der Waals surface area contributed by atoms with Crippen LogP contribution in [-0.2, 0) is 16.1 Å². The Labute approximate surface area is 188 Å². The van der Waals surface area contributed by atoms with E-state index in [0.717, 1.165) is 19.0 Å². The number of halogens is 2. The minimum Gasteiger partial charge on any atom is -0.443 e. The van der Waals surface area contributed by atoms with Crippen LogP contribution in [0.15, 0.2) is 18.5 Å². The zero-order chi connectivity index (χ0) is 23.2. The summed E-state index contributed by atoms with van der Waals surface area (Å²) in [6.45, 7) is 2.16. The van der Waals surface area contributed by atoms with E-state index in [1.165, 1.54) is 11.5 Å². The standard InChI is InChI=1S/C21H25F2N7O3/c1-21(5-6-21)27-20(31)33-15-4-3-12(17(15)23)14-7-16(29-28-14)26-19-24-8-13(22)18-25-11(10-32-2)9-30(18)19/h7-9,12,15,17H,3-6,10H2,1-2H3,(H,27,31)(H2,24,26,28,29)/t12-,15-,17+/m1/s1. The summed E-state index contributed by atoms with van der Waals surface area (Å²) in [6, 6.07) is 1.68. The molecule has 176 valence electrons. The summed E-state index contributed by atoms with van der Waals surface area (Å²) in [6.07, 6.45) is 2.70. The number of alkyl carbamates (subject to hydrolysis) is 1. The molecule has 2 saturated carbocycles. The summed E-state index contributed by atoms with van der Waals surface area (Å²) in [5.41, 5.74) is 1.01. The molecule has 33 heavy (non-hydrogen) atoms. The Balaban J connectivity index is 1.27. The van der Waals surface area contributed by atoms with E-state index < -0.39 is 30.1 Å². The highest BCUT2D eigenvalue weighted by Gasteiger charge is 2.43. The van der Waals surface area contributed by atoms with Crippen molar-refractivity contribution in [1.82, 2.24) is 29.9 Å². The van der Waals surface area contributed by atoms with Gasteiger partial charge in [-0.2, -0.15) is 5.10 Å². The Morgan fingerprint density at radius 3 is 2.97 bits per heavy atom. The highest BCUT2D eigenvalue weighted by Crippen LogP contribution is 2.39. The van der Waals surface area contributed by atoms with Crippen molar-refractivity contribution in [3.8, 4) is 0 Å². The molecule has 2 aliphatic rings. The molecule has 0 radical (unpaired) electrons. The third kappa shape index (κ3) is 4.34. The van der Waals surface area contributed by atoms with E-state index in [-0.39, 0.29) is 17.8 Å². The first kappa shape index (κ1) is 21.6. The average Bonchev–Trinajstić information content (AvgIpc) is 3.15. The Hall–Kier alpha value is -3.28. The van der Waals surface area contributed by atoms with Crippen molar-refractivity contribution < 1.29 is 23.0 Å². The number of fused-ring (bicyclic) bond motifs is 1. The number of H-pyrrole nitrogens is 1. The fraction of sp³-hybridized carbons (Fsp3) is 0.524. The summed E-state index contributed by atoms with van der Waals surface area (Å²) in [5, 5.41) is 12.8. The second kappa shape index (κ2) is 8.25. The van der Waals surface area contributed by atoms with Crippen molar-refractivity contribution in [2.75, 3.05) is 12.4 Å². The van der Waals surface area contributed by atoms with Crippen LogP contribution in [0.25, 0.3) is 5.65 Å². The number of alkyl halides is 1. The van der Waals surface area contributed by atoms with Gasteiger partial charge in [-0.15, -0.1) is 0 Å². The summed E-state index contributed by atoms with van der Waals surface area (Å²) in [7, 11) is 1.53. The largest absolute Gasteiger partial charge is 0.443 e. The van der Waals surface area contributed by atoms with E-state index >= 15 is 4.39 Å². The van der Waals surface area contributed by atoms with Crippen molar-refractivity contribution in [2.45, 2.75) is 62.9 Å². The van der Waals surface area contributed by atoms with Crippen molar-refractivity contribution in [1.29, 1.82) is 0 Å². The van der Waals surface area contributed by atoms with Crippen LogP contribution in [0.4, 0.5) is 25.3 Å². The molecule has 2 fully saturated rings. The Morgan fingerprint density at radius 2 is 2.21 bits per heavy atom. The van der Waals surface area contributed by atoms with Gasteiger partial charge in [0, 0.05) is 36.5 Å². The maximum Gasteiger partial charge on any atom is 0.407 e. The molecule has 0 aromatic carbocycles. The molecule has 2 aliphatic carbocycles. The van der Waals surface area contributed by atoms with Gasteiger partial charge in [-0.3, -0.25) is 9.50 Å². The molecule has 1 amide bonds. The number of aromatic amines is 1. The Bertz CT molecular complexity index is 1180. The van der Waals surface area contributed by atoms with E-state index in [1.807, 2.05) is 6.92 Å². The molecule has 0 saturated heterocycles. The molecule has 0 aliphatic heterocycles. The van der Waals surface area contributed by atoms with Gasteiger partial charge < -0.3 is 20.1 Å². The summed E-state index contributed by atoms with van der Waals surface area (Å²) in [5.74, 6) is -0.356. The van der Waals surface area contributed by atoms with Crippen LogP contribution < -0.4 is 10.6 Å². The van der Waals surface area contributed by atoms with Crippen LogP contribution in [0.2, 0.25) is 0 Å². The molecule has 3 aromatic heterocycles. The molecule has 0 spiro atoms. The zero-order valence-corrected chi connectivity index (χ0v) is 18.3. The number of hydrogen-bond acceptors (Lipinski definition) is 7. The molecule has 3 atom stereocenters. The molecular formula is C21H25F2N7O3. The Kier molecular flexibility index (Phi) is 5.39.